The van der Waals surface area contributed by atoms with Gasteiger partial charge in [0.1, 0.15) is 0 Å². The minimum Gasteiger partial charge on any atom is -0.309 e. The fourth-order valence-electron chi connectivity index (χ4n) is 10.9. The predicted molar refractivity (Wildman–Crippen MR) is 283 cm³/mol. The first-order chi connectivity index (χ1) is 33.6. The van der Waals surface area contributed by atoms with Crippen molar-refractivity contribution in [3.63, 3.8) is 0 Å². The van der Waals surface area contributed by atoms with E-state index in [2.05, 4.69) is 202 Å². The molecule has 5 nitrogen and oxygen atoms in total. The van der Waals surface area contributed by atoms with Gasteiger partial charge in [-0.05, 0) is 113 Å². The van der Waals surface area contributed by atoms with Crippen molar-refractivity contribution in [2.75, 3.05) is 0 Å². The summed E-state index contributed by atoms with van der Waals surface area (Å²) in [5.74, 6) is 0. The third-order valence-corrected chi connectivity index (χ3v) is 15.0. The molecule has 0 radical (unpaired) electrons. The number of nitrogens with zero attached hydrogens (tertiary/aromatic N) is 5. The van der Waals surface area contributed by atoms with Crippen LogP contribution < -0.4 is 0 Å². The van der Waals surface area contributed by atoms with Crippen molar-refractivity contribution in [1.82, 2.24) is 13.7 Å². The van der Waals surface area contributed by atoms with Crippen molar-refractivity contribution >= 4 is 96.9 Å². The maximum atomic E-state index is 10.7. The maximum absolute atomic E-state index is 10.7. The van der Waals surface area contributed by atoms with Gasteiger partial charge in [0, 0.05) is 69.6 Å². The third-order valence-electron chi connectivity index (χ3n) is 13.9. The van der Waals surface area contributed by atoms with Gasteiger partial charge in [0.05, 0.1) is 56.4 Å². The van der Waals surface area contributed by atoms with Crippen molar-refractivity contribution in [3.8, 4) is 51.5 Å². The van der Waals surface area contributed by atoms with Crippen LogP contribution in [0.1, 0.15) is 11.1 Å². The van der Waals surface area contributed by atoms with Gasteiger partial charge < -0.3 is 13.7 Å². The van der Waals surface area contributed by atoms with E-state index in [1.807, 2.05) is 41.7 Å². The molecule has 0 aliphatic heterocycles. The molecule has 0 aliphatic rings. The van der Waals surface area contributed by atoms with Crippen molar-refractivity contribution in [1.29, 1.82) is 10.5 Å². The van der Waals surface area contributed by atoms with Gasteiger partial charge in [-0.3, -0.25) is 0 Å². The Kier molecular flexibility index (Phi) is 8.21. The second-order valence-electron chi connectivity index (χ2n) is 17.5. The summed E-state index contributed by atoms with van der Waals surface area (Å²) in [6, 6.07) is 80.2. The quantitative estimate of drug-likeness (QED) is 0.173. The zero-order chi connectivity index (χ0) is 45.0. The lowest BCUT2D eigenvalue weighted by Gasteiger charge is -2.16. The van der Waals surface area contributed by atoms with Crippen LogP contribution in [0.4, 0.5) is 0 Å². The summed E-state index contributed by atoms with van der Waals surface area (Å²) in [6.07, 6.45) is 0. The van der Waals surface area contributed by atoms with Gasteiger partial charge >= 0.3 is 0 Å². The van der Waals surface area contributed by atoms with Crippen LogP contribution in [0.2, 0.25) is 0 Å². The lowest BCUT2D eigenvalue weighted by atomic mass is 9.94. The molecular formula is C62H35N5S. The van der Waals surface area contributed by atoms with Crippen LogP contribution in [-0.4, -0.2) is 13.7 Å². The Bertz CT molecular complexity index is 4530. The van der Waals surface area contributed by atoms with Crippen LogP contribution in [0.25, 0.3) is 125 Å². The second-order valence-corrected chi connectivity index (χ2v) is 18.6. The summed E-state index contributed by atoms with van der Waals surface area (Å²) in [7, 11) is 0. The Morgan fingerprint density at radius 1 is 0.338 bits per heavy atom. The Morgan fingerprint density at radius 2 is 1.00 bits per heavy atom. The number of fused-ring (bicyclic) bond motifs is 13. The zero-order valence-corrected chi connectivity index (χ0v) is 37.2. The first-order valence-corrected chi connectivity index (χ1v) is 23.5. The molecule has 0 unspecified atom stereocenters. The van der Waals surface area contributed by atoms with E-state index in [4.69, 9.17) is 0 Å². The van der Waals surface area contributed by atoms with Crippen LogP contribution in [0.5, 0.6) is 0 Å². The van der Waals surface area contributed by atoms with Gasteiger partial charge in [0.15, 0.2) is 0 Å². The first kappa shape index (κ1) is 38.1. The highest BCUT2D eigenvalue weighted by Crippen LogP contribution is 2.45. The average Bonchev–Trinajstić information content (AvgIpc) is 4.14. The molecule has 0 bridgehead atoms. The van der Waals surface area contributed by atoms with E-state index >= 15 is 0 Å². The molecular weight excluding hydrogens is 847 g/mol. The van der Waals surface area contributed by atoms with Crippen molar-refractivity contribution in [3.05, 3.63) is 223 Å². The Balaban J connectivity index is 1.09. The second kappa shape index (κ2) is 14.7. The van der Waals surface area contributed by atoms with Crippen molar-refractivity contribution in [2.24, 2.45) is 0 Å². The molecule has 68 heavy (non-hydrogen) atoms. The van der Waals surface area contributed by atoms with E-state index in [0.29, 0.717) is 11.1 Å². The van der Waals surface area contributed by atoms with Crippen LogP contribution in [0.15, 0.2) is 212 Å². The van der Waals surface area contributed by atoms with Crippen LogP contribution in [-0.2, 0) is 0 Å². The van der Waals surface area contributed by atoms with Crippen LogP contribution >= 0.6 is 11.3 Å². The van der Waals surface area contributed by atoms with Crippen LogP contribution in [0.3, 0.4) is 0 Å². The molecule has 0 fully saturated rings. The van der Waals surface area contributed by atoms with Gasteiger partial charge in [0.25, 0.3) is 0 Å². The molecule has 0 N–H and O–H groups in total. The number of thiophene rings is 1. The number of benzene rings is 10. The predicted octanol–water partition coefficient (Wildman–Crippen LogP) is 16.4. The number of rotatable bonds is 5. The summed E-state index contributed by atoms with van der Waals surface area (Å²) in [5, 5.41) is 30.1. The van der Waals surface area contributed by atoms with E-state index < -0.39 is 0 Å². The largest absolute Gasteiger partial charge is 0.309 e. The van der Waals surface area contributed by atoms with Gasteiger partial charge in [-0.15, -0.1) is 11.3 Å². The molecule has 14 rings (SSSR count). The van der Waals surface area contributed by atoms with E-state index in [1.54, 1.807) is 6.07 Å². The normalized spacial score (nSPS) is 11.8. The molecule has 6 heteroatoms. The Hall–Kier alpha value is -9.20. The zero-order valence-electron chi connectivity index (χ0n) is 36.4. The summed E-state index contributed by atoms with van der Waals surface area (Å²) in [4.78, 5) is 0. The molecule has 10 aromatic carbocycles. The minimum absolute atomic E-state index is 0.543. The smallest absolute Gasteiger partial charge is 0.0998 e. The first-order valence-electron chi connectivity index (χ1n) is 22.7. The highest BCUT2D eigenvalue weighted by Gasteiger charge is 2.23. The fraction of sp³-hybridized carbons (Fsp3) is 0. The number of para-hydroxylation sites is 4. The summed E-state index contributed by atoms with van der Waals surface area (Å²) >= 11 is 1.83. The molecule has 314 valence electrons. The van der Waals surface area contributed by atoms with E-state index in [1.165, 1.54) is 58.0 Å². The molecule has 0 atom stereocenters. The highest BCUT2D eigenvalue weighted by atomic mass is 32.1. The molecule has 4 aromatic heterocycles. The minimum atomic E-state index is 0.543. The van der Waals surface area contributed by atoms with Crippen molar-refractivity contribution in [2.45, 2.75) is 0 Å². The molecule has 0 amide bonds. The molecule has 0 spiro atoms. The summed E-state index contributed by atoms with van der Waals surface area (Å²) in [5.41, 5.74) is 14.5. The van der Waals surface area contributed by atoms with E-state index in [0.717, 1.165) is 66.9 Å². The summed E-state index contributed by atoms with van der Waals surface area (Å²) in [6.45, 7) is 0. The Labute approximate surface area is 394 Å². The van der Waals surface area contributed by atoms with E-state index in [-0.39, 0.29) is 0 Å². The van der Waals surface area contributed by atoms with Crippen LogP contribution in [0, 0.1) is 22.7 Å². The molecule has 0 aliphatic carbocycles. The third kappa shape index (κ3) is 5.53. The topological polar surface area (TPSA) is 62.4 Å². The van der Waals surface area contributed by atoms with Gasteiger partial charge in [-0.2, -0.15) is 10.5 Å². The Morgan fingerprint density at radius 3 is 1.76 bits per heavy atom. The van der Waals surface area contributed by atoms with Crippen molar-refractivity contribution < 1.29 is 0 Å². The number of aromatic nitrogens is 3. The van der Waals surface area contributed by atoms with Gasteiger partial charge in [0.2, 0.25) is 0 Å². The molecule has 14 aromatic rings. The average molecular weight is 882 g/mol. The standard InChI is InChI=1S/C62H35N5S/c63-36-38-13-12-14-40(29-38)46-26-25-39(30-42(46)37-64)41-31-44(33-45(32-41)66-54-21-8-5-18-48(54)52-34-53-49-19-7-11-24-59(49)68-60(53)35-58(52)66)65-56-23-10-6-20-51(56)61-57(65)28-27-50-47-17-4-9-22-55(47)67(62(50)61)43-15-2-1-3-16-43/h1-35H. The molecule has 0 saturated heterocycles. The van der Waals surface area contributed by atoms with E-state index in [9.17, 15) is 10.5 Å². The highest BCUT2D eigenvalue weighted by molar-refractivity contribution is 7.25. The summed E-state index contributed by atoms with van der Waals surface area (Å²) < 4.78 is 9.80. The number of nitriles is 2. The van der Waals surface area contributed by atoms with Gasteiger partial charge in [-0.25, -0.2) is 0 Å². The molecule has 0 saturated carbocycles. The monoisotopic (exact) mass is 881 g/mol. The number of hydrogen-bond donors (Lipinski definition) is 0. The lowest BCUT2D eigenvalue weighted by molar-refractivity contribution is 1.13. The molecule has 4 heterocycles. The fourth-order valence-corrected chi connectivity index (χ4v) is 12.1. The lowest BCUT2D eigenvalue weighted by Crippen LogP contribution is -2.00. The number of hydrogen-bond acceptors (Lipinski definition) is 3. The maximum Gasteiger partial charge on any atom is 0.0998 e. The SMILES string of the molecule is N#Cc1cccc(-c2ccc(-c3cc(-n4c5ccccc5c5cc6c(cc54)sc4ccccc46)cc(-n4c5ccccc5c5c4ccc4c6ccccc6n(-c6ccccc6)c45)c3)cc2C#N)c1. The van der Waals surface area contributed by atoms with Gasteiger partial charge in [-0.1, -0.05) is 121 Å².